The zero-order valence-electron chi connectivity index (χ0n) is 5.72. The molecule has 0 unspecified atom stereocenters. The zero-order valence-corrected chi connectivity index (χ0v) is 7.23. The lowest BCUT2D eigenvalue weighted by Gasteiger charge is -1.98. The zero-order chi connectivity index (χ0) is 8.27. The standard InChI is InChI=1S/C6H7Cl2N3/c7-2-1-5-10-3-4(9)6(8)11-5/h3H,1-2,9H2. The highest BCUT2D eigenvalue weighted by Crippen LogP contribution is 2.13. The molecule has 0 aliphatic rings. The maximum absolute atomic E-state index is 5.63. The van der Waals surface area contributed by atoms with Crippen LogP contribution in [0.15, 0.2) is 6.20 Å². The molecule has 0 aliphatic carbocycles. The second-order valence-electron chi connectivity index (χ2n) is 1.97. The van der Waals surface area contributed by atoms with E-state index < -0.39 is 0 Å². The van der Waals surface area contributed by atoms with Gasteiger partial charge in [0.15, 0.2) is 5.15 Å². The molecule has 5 heteroatoms. The number of aromatic nitrogens is 2. The third-order valence-corrected chi connectivity index (χ3v) is 1.63. The van der Waals surface area contributed by atoms with Crippen LogP contribution in [-0.2, 0) is 6.42 Å². The van der Waals surface area contributed by atoms with Crippen LogP contribution in [0.1, 0.15) is 5.82 Å². The third-order valence-electron chi connectivity index (χ3n) is 1.14. The van der Waals surface area contributed by atoms with Crippen LogP contribution in [0.2, 0.25) is 5.15 Å². The smallest absolute Gasteiger partial charge is 0.155 e. The summed E-state index contributed by atoms with van der Waals surface area (Å²) in [5, 5.41) is 0.292. The number of hydrogen-bond donors (Lipinski definition) is 1. The lowest BCUT2D eigenvalue weighted by molar-refractivity contribution is 0.947. The average molecular weight is 192 g/mol. The van der Waals surface area contributed by atoms with Gasteiger partial charge in [-0.3, -0.25) is 0 Å². The summed E-state index contributed by atoms with van der Waals surface area (Å²) in [4.78, 5) is 7.83. The van der Waals surface area contributed by atoms with E-state index >= 15 is 0 Å². The molecule has 0 bridgehead atoms. The van der Waals surface area contributed by atoms with Crippen LogP contribution in [0.4, 0.5) is 5.69 Å². The van der Waals surface area contributed by atoms with Gasteiger partial charge < -0.3 is 5.73 Å². The van der Waals surface area contributed by atoms with E-state index in [1.165, 1.54) is 6.20 Å². The maximum atomic E-state index is 5.63. The number of hydrogen-bond acceptors (Lipinski definition) is 3. The van der Waals surface area contributed by atoms with Gasteiger partial charge in [0, 0.05) is 12.3 Å². The normalized spacial score (nSPS) is 10.0. The molecule has 11 heavy (non-hydrogen) atoms. The van der Waals surface area contributed by atoms with Gasteiger partial charge in [0.25, 0.3) is 0 Å². The van der Waals surface area contributed by atoms with Crippen LogP contribution < -0.4 is 5.73 Å². The Labute approximate surface area is 74.5 Å². The Morgan fingerprint density at radius 1 is 1.55 bits per heavy atom. The monoisotopic (exact) mass is 191 g/mol. The van der Waals surface area contributed by atoms with Crippen LogP contribution in [0.3, 0.4) is 0 Å². The quantitative estimate of drug-likeness (QED) is 0.570. The van der Waals surface area contributed by atoms with Gasteiger partial charge in [-0.05, 0) is 0 Å². The molecule has 2 N–H and O–H groups in total. The van der Waals surface area contributed by atoms with Crippen molar-refractivity contribution in [1.29, 1.82) is 0 Å². The Hall–Kier alpha value is -0.540. The van der Waals surface area contributed by atoms with Gasteiger partial charge in [0.1, 0.15) is 5.82 Å². The van der Waals surface area contributed by atoms with Crippen molar-refractivity contribution in [3.05, 3.63) is 17.2 Å². The van der Waals surface area contributed by atoms with E-state index in [-0.39, 0.29) is 0 Å². The fraction of sp³-hybridized carbons (Fsp3) is 0.333. The Morgan fingerprint density at radius 2 is 2.27 bits per heavy atom. The molecule has 1 aromatic rings. The molecule has 0 radical (unpaired) electrons. The number of aryl methyl sites for hydroxylation is 1. The summed E-state index contributed by atoms with van der Waals surface area (Å²) < 4.78 is 0. The van der Waals surface area contributed by atoms with Gasteiger partial charge in [0.2, 0.25) is 0 Å². The number of anilines is 1. The summed E-state index contributed by atoms with van der Waals surface area (Å²) in [6.07, 6.45) is 2.10. The van der Waals surface area contributed by atoms with Crippen molar-refractivity contribution < 1.29 is 0 Å². The van der Waals surface area contributed by atoms with Crippen molar-refractivity contribution >= 4 is 28.9 Å². The number of halogens is 2. The predicted octanol–water partition coefficient (Wildman–Crippen LogP) is 1.49. The van der Waals surface area contributed by atoms with E-state index in [0.717, 1.165) is 0 Å². The SMILES string of the molecule is Nc1cnc(CCCl)nc1Cl. The highest BCUT2D eigenvalue weighted by Gasteiger charge is 2.00. The van der Waals surface area contributed by atoms with Crippen molar-refractivity contribution in [3.63, 3.8) is 0 Å². The molecular formula is C6H7Cl2N3. The maximum Gasteiger partial charge on any atom is 0.155 e. The Morgan fingerprint density at radius 3 is 2.82 bits per heavy atom. The van der Waals surface area contributed by atoms with Crippen molar-refractivity contribution in [2.45, 2.75) is 6.42 Å². The van der Waals surface area contributed by atoms with Crippen molar-refractivity contribution in [1.82, 2.24) is 9.97 Å². The molecule has 0 atom stereocenters. The molecule has 1 heterocycles. The minimum Gasteiger partial charge on any atom is -0.395 e. The number of rotatable bonds is 2. The van der Waals surface area contributed by atoms with E-state index in [1.54, 1.807) is 0 Å². The molecule has 3 nitrogen and oxygen atoms in total. The molecule has 1 aromatic heterocycles. The van der Waals surface area contributed by atoms with Gasteiger partial charge in [0.05, 0.1) is 11.9 Å². The van der Waals surface area contributed by atoms with Gasteiger partial charge in [-0.2, -0.15) is 0 Å². The van der Waals surface area contributed by atoms with E-state index in [0.29, 0.717) is 29.0 Å². The number of nitrogen functional groups attached to an aromatic ring is 1. The highest BCUT2D eigenvalue weighted by molar-refractivity contribution is 6.31. The van der Waals surface area contributed by atoms with Crippen LogP contribution in [0.25, 0.3) is 0 Å². The lowest BCUT2D eigenvalue weighted by atomic mass is 10.4. The third kappa shape index (κ3) is 2.20. The minimum atomic E-state index is 0.292. The molecular weight excluding hydrogens is 185 g/mol. The first-order valence-corrected chi connectivity index (χ1v) is 3.98. The summed E-state index contributed by atoms with van der Waals surface area (Å²) >= 11 is 11.1. The lowest BCUT2D eigenvalue weighted by Crippen LogP contribution is -1.99. The topological polar surface area (TPSA) is 51.8 Å². The summed E-state index contributed by atoms with van der Waals surface area (Å²) in [6, 6.07) is 0. The van der Waals surface area contributed by atoms with E-state index in [4.69, 9.17) is 28.9 Å². The molecule has 0 aliphatic heterocycles. The summed E-state index contributed by atoms with van der Waals surface area (Å²) in [5.74, 6) is 1.11. The second-order valence-corrected chi connectivity index (χ2v) is 2.71. The summed E-state index contributed by atoms with van der Waals surface area (Å²) in [5.41, 5.74) is 5.79. The average Bonchev–Trinajstić information content (AvgIpc) is 1.98. The van der Waals surface area contributed by atoms with E-state index in [2.05, 4.69) is 9.97 Å². The molecule has 60 valence electrons. The predicted molar refractivity (Wildman–Crippen MR) is 45.9 cm³/mol. The Bertz CT molecular complexity index is 252. The van der Waals surface area contributed by atoms with Crippen LogP contribution in [-0.4, -0.2) is 15.8 Å². The fourth-order valence-corrected chi connectivity index (χ4v) is 0.924. The van der Waals surface area contributed by atoms with Gasteiger partial charge in [-0.15, -0.1) is 11.6 Å². The largest absolute Gasteiger partial charge is 0.395 e. The number of nitrogens with two attached hydrogens (primary N) is 1. The first kappa shape index (κ1) is 8.56. The first-order chi connectivity index (χ1) is 5.24. The van der Waals surface area contributed by atoms with Crippen LogP contribution in [0.5, 0.6) is 0 Å². The van der Waals surface area contributed by atoms with E-state index in [1.807, 2.05) is 0 Å². The highest BCUT2D eigenvalue weighted by atomic mass is 35.5. The summed E-state index contributed by atoms with van der Waals surface area (Å²) in [7, 11) is 0. The number of alkyl halides is 1. The molecule has 0 spiro atoms. The van der Waals surface area contributed by atoms with Gasteiger partial charge in [-0.1, -0.05) is 11.6 Å². The van der Waals surface area contributed by atoms with Crippen molar-refractivity contribution in [3.8, 4) is 0 Å². The number of nitrogens with zero attached hydrogens (tertiary/aromatic N) is 2. The molecule has 0 saturated carbocycles. The van der Waals surface area contributed by atoms with Gasteiger partial charge in [-0.25, -0.2) is 9.97 Å². The molecule has 0 fully saturated rings. The minimum absolute atomic E-state index is 0.292. The second kappa shape index (κ2) is 3.74. The van der Waals surface area contributed by atoms with Gasteiger partial charge >= 0.3 is 0 Å². The summed E-state index contributed by atoms with van der Waals surface area (Å²) in [6.45, 7) is 0. The molecule has 0 amide bonds. The Kier molecular flexibility index (Phi) is 2.91. The Balaban J connectivity index is 2.86. The van der Waals surface area contributed by atoms with Crippen LogP contribution >= 0.6 is 23.2 Å². The molecule has 0 aromatic carbocycles. The molecule has 1 rings (SSSR count). The van der Waals surface area contributed by atoms with Crippen LogP contribution in [0, 0.1) is 0 Å². The van der Waals surface area contributed by atoms with E-state index in [9.17, 15) is 0 Å². The molecule has 0 saturated heterocycles. The van der Waals surface area contributed by atoms with Crippen molar-refractivity contribution in [2.75, 3.05) is 11.6 Å². The van der Waals surface area contributed by atoms with Crippen molar-refractivity contribution in [2.24, 2.45) is 0 Å². The first-order valence-electron chi connectivity index (χ1n) is 3.07. The fourth-order valence-electron chi connectivity index (χ4n) is 0.609.